The molecule has 1 unspecified atom stereocenters. The normalized spacial score (nSPS) is 16.1. The number of anilines is 3. The maximum absolute atomic E-state index is 17.0. The second-order valence-electron chi connectivity index (χ2n) is 13.3. The number of Topliss-reactive ketones (excluding diaryl/α,β-unsaturated/α-hetero) is 2. The summed E-state index contributed by atoms with van der Waals surface area (Å²) in [5, 5.41) is 5.19. The number of fused-ring (bicyclic) bond motifs is 9. The third-order valence-corrected chi connectivity index (χ3v) is 10.5. The van der Waals surface area contributed by atoms with E-state index in [0.29, 0.717) is 28.6 Å². The lowest BCUT2D eigenvalue weighted by Crippen LogP contribution is -2.16. The smallest absolute Gasteiger partial charge is 0.197 e. The van der Waals surface area contributed by atoms with Crippen LogP contribution in [0.3, 0.4) is 0 Å². The Kier molecular flexibility index (Phi) is 6.19. The van der Waals surface area contributed by atoms with Crippen molar-refractivity contribution in [2.24, 2.45) is 5.92 Å². The van der Waals surface area contributed by atoms with E-state index in [9.17, 15) is 9.59 Å². The first-order valence-corrected chi connectivity index (χ1v) is 16.9. The van der Waals surface area contributed by atoms with E-state index in [1.165, 1.54) is 0 Å². The SMILES string of the molecule is O=C1C(=CC2C=Cc3c(ccc4c3C=Cc3ccccc3N4c3c(F)c4ccccc4c4ccccc34)C2)C(=O)c2cc3ccccc3cc21. The van der Waals surface area contributed by atoms with E-state index in [4.69, 9.17) is 0 Å². The van der Waals surface area contributed by atoms with Crippen LogP contribution in [-0.2, 0) is 6.42 Å². The Bertz CT molecular complexity index is 2690. The van der Waals surface area contributed by atoms with Gasteiger partial charge in [-0.1, -0.05) is 127 Å². The van der Waals surface area contributed by atoms with Gasteiger partial charge in [0.25, 0.3) is 0 Å². The van der Waals surface area contributed by atoms with Gasteiger partial charge < -0.3 is 4.90 Å². The number of carbonyl (C=O) groups is 2. The highest BCUT2D eigenvalue weighted by molar-refractivity contribution is 6.40. The Hall–Kier alpha value is -6.39. The predicted molar refractivity (Wildman–Crippen MR) is 202 cm³/mol. The Labute approximate surface area is 287 Å². The molecule has 236 valence electrons. The molecule has 10 rings (SSSR count). The molecule has 0 amide bonds. The lowest BCUT2D eigenvalue weighted by Gasteiger charge is -2.31. The van der Waals surface area contributed by atoms with Crippen molar-refractivity contribution < 1.29 is 14.0 Å². The molecule has 2 aliphatic carbocycles. The van der Waals surface area contributed by atoms with Gasteiger partial charge in [0.1, 0.15) is 0 Å². The van der Waals surface area contributed by atoms with Gasteiger partial charge in [0, 0.05) is 33.4 Å². The summed E-state index contributed by atoms with van der Waals surface area (Å²) in [6.07, 6.45) is 10.9. The van der Waals surface area contributed by atoms with E-state index >= 15 is 4.39 Å². The van der Waals surface area contributed by atoms with Crippen LogP contribution in [-0.4, -0.2) is 11.6 Å². The summed E-state index contributed by atoms with van der Waals surface area (Å²) in [4.78, 5) is 29.1. The molecule has 0 aromatic heterocycles. The van der Waals surface area contributed by atoms with Crippen LogP contribution >= 0.6 is 0 Å². The first-order chi connectivity index (χ1) is 24.5. The first-order valence-electron chi connectivity index (χ1n) is 16.9. The van der Waals surface area contributed by atoms with Crippen molar-refractivity contribution in [3.05, 3.63) is 178 Å². The average molecular weight is 646 g/mol. The van der Waals surface area contributed by atoms with Gasteiger partial charge in [-0.15, -0.1) is 0 Å². The molecule has 0 bridgehead atoms. The highest BCUT2D eigenvalue weighted by Gasteiger charge is 2.35. The van der Waals surface area contributed by atoms with Gasteiger partial charge in [0.05, 0.1) is 22.6 Å². The number of ketones is 2. The molecule has 50 heavy (non-hydrogen) atoms. The van der Waals surface area contributed by atoms with E-state index in [0.717, 1.165) is 60.6 Å². The molecule has 7 aromatic carbocycles. The molecular formula is C46H28FNO2. The standard InChI is InChI=1S/C46H28FNO2/c47-43-36-14-6-4-12-33(36)34-13-5-7-15-37(34)44(43)48-41-16-8-3-9-28(41)18-21-35-32-20-17-27(23-31(32)19-22-42(35)48)24-40-45(49)38-25-29-10-1-2-11-30(29)26-39(38)46(40)50/h1-22,24-27H,23H2. The molecule has 1 heterocycles. The molecule has 0 radical (unpaired) electrons. The molecule has 3 nitrogen and oxygen atoms in total. The largest absolute Gasteiger partial charge is 0.306 e. The van der Waals surface area contributed by atoms with Crippen LogP contribution in [0.25, 0.3) is 50.5 Å². The number of benzene rings is 7. The topological polar surface area (TPSA) is 37.4 Å². The summed E-state index contributed by atoms with van der Waals surface area (Å²) >= 11 is 0. The molecule has 0 N–H and O–H groups in total. The highest BCUT2D eigenvalue weighted by atomic mass is 19.1. The third-order valence-electron chi connectivity index (χ3n) is 10.5. The zero-order valence-corrected chi connectivity index (χ0v) is 26.9. The van der Waals surface area contributed by atoms with Gasteiger partial charge in [-0.2, -0.15) is 0 Å². The fourth-order valence-corrected chi connectivity index (χ4v) is 8.12. The third kappa shape index (κ3) is 4.15. The van der Waals surface area contributed by atoms with Crippen LogP contribution in [0.5, 0.6) is 0 Å². The number of hydrogen-bond donors (Lipinski definition) is 0. The maximum Gasteiger partial charge on any atom is 0.197 e. The van der Waals surface area contributed by atoms with Crippen molar-refractivity contribution >= 4 is 79.2 Å². The Morgan fingerprint density at radius 3 is 1.96 bits per heavy atom. The summed E-state index contributed by atoms with van der Waals surface area (Å²) in [7, 11) is 0. The Morgan fingerprint density at radius 2 is 1.22 bits per heavy atom. The molecule has 1 atom stereocenters. The lowest BCUT2D eigenvalue weighted by atomic mass is 9.85. The summed E-state index contributed by atoms with van der Waals surface area (Å²) in [6, 6.07) is 39.5. The average Bonchev–Trinajstić information content (AvgIpc) is 3.28. The highest BCUT2D eigenvalue weighted by Crippen LogP contribution is 2.49. The van der Waals surface area contributed by atoms with Crippen molar-refractivity contribution in [3.8, 4) is 0 Å². The minimum Gasteiger partial charge on any atom is -0.306 e. The fraction of sp³-hybridized carbons (Fsp3) is 0.0435. The Morgan fingerprint density at radius 1 is 0.600 bits per heavy atom. The summed E-state index contributed by atoms with van der Waals surface area (Å²) in [5.74, 6) is -0.811. The van der Waals surface area contributed by atoms with Gasteiger partial charge in [-0.05, 0) is 68.9 Å². The number of para-hydroxylation sites is 1. The molecule has 3 aliphatic rings. The first kappa shape index (κ1) is 28.6. The van der Waals surface area contributed by atoms with Crippen molar-refractivity contribution in [2.75, 3.05) is 4.90 Å². The summed E-state index contributed by atoms with van der Waals surface area (Å²) in [6.45, 7) is 0. The van der Waals surface area contributed by atoms with Gasteiger partial charge >= 0.3 is 0 Å². The van der Waals surface area contributed by atoms with E-state index in [1.54, 1.807) is 0 Å². The van der Waals surface area contributed by atoms with Crippen molar-refractivity contribution in [1.29, 1.82) is 0 Å². The van der Waals surface area contributed by atoms with E-state index in [-0.39, 0.29) is 28.9 Å². The van der Waals surface area contributed by atoms with Crippen molar-refractivity contribution in [1.82, 2.24) is 0 Å². The van der Waals surface area contributed by atoms with E-state index < -0.39 is 0 Å². The van der Waals surface area contributed by atoms with E-state index in [2.05, 4.69) is 53.5 Å². The minimum absolute atomic E-state index is 0.128. The molecule has 0 fully saturated rings. The van der Waals surface area contributed by atoms with Crippen LogP contribution in [0, 0.1) is 11.7 Å². The summed E-state index contributed by atoms with van der Waals surface area (Å²) in [5.41, 5.74) is 7.63. The number of allylic oxidation sites excluding steroid dienone is 3. The number of rotatable bonds is 2. The molecule has 7 aromatic rings. The molecule has 1 aliphatic heterocycles. The van der Waals surface area contributed by atoms with Crippen LogP contribution in [0.15, 0.2) is 139 Å². The molecule has 0 saturated carbocycles. The molecule has 0 saturated heterocycles. The van der Waals surface area contributed by atoms with E-state index in [1.807, 2.05) is 103 Å². The Balaban J connectivity index is 1.10. The number of nitrogens with zero attached hydrogens (tertiary/aromatic N) is 1. The lowest BCUT2D eigenvalue weighted by molar-refractivity contribution is 0.0987. The molecular weight excluding hydrogens is 618 g/mol. The number of halogens is 1. The van der Waals surface area contributed by atoms with Gasteiger partial charge in [0.15, 0.2) is 17.4 Å². The quantitative estimate of drug-likeness (QED) is 0.107. The van der Waals surface area contributed by atoms with Gasteiger partial charge in [-0.25, -0.2) is 4.39 Å². The van der Waals surface area contributed by atoms with Crippen LogP contribution < -0.4 is 4.90 Å². The molecule has 4 heteroatoms. The molecule has 0 spiro atoms. The zero-order valence-electron chi connectivity index (χ0n) is 26.9. The monoisotopic (exact) mass is 645 g/mol. The fourth-order valence-electron chi connectivity index (χ4n) is 8.12. The number of carbonyl (C=O) groups excluding carboxylic acids is 2. The second-order valence-corrected chi connectivity index (χ2v) is 13.3. The van der Waals surface area contributed by atoms with Crippen LogP contribution in [0.2, 0.25) is 0 Å². The van der Waals surface area contributed by atoms with Gasteiger partial charge in [0.2, 0.25) is 0 Å². The summed E-state index contributed by atoms with van der Waals surface area (Å²) < 4.78 is 17.0. The van der Waals surface area contributed by atoms with Crippen LogP contribution in [0.4, 0.5) is 21.5 Å². The zero-order chi connectivity index (χ0) is 33.5. The van der Waals surface area contributed by atoms with Crippen molar-refractivity contribution in [3.63, 3.8) is 0 Å². The van der Waals surface area contributed by atoms with Crippen LogP contribution in [0.1, 0.15) is 43.0 Å². The maximum atomic E-state index is 17.0. The second kappa shape index (κ2) is 10.8. The van der Waals surface area contributed by atoms with Crippen molar-refractivity contribution in [2.45, 2.75) is 6.42 Å². The van der Waals surface area contributed by atoms with Gasteiger partial charge in [-0.3, -0.25) is 9.59 Å². The number of hydrogen-bond acceptors (Lipinski definition) is 3. The minimum atomic E-state index is -0.262. The predicted octanol–water partition coefficient (Wildman–Crippen LogP) is 11.4.